The van der Waals surface area contributed by atoms with E-state index in [9.17, 15) is 13.2 Å². The maximum absolute atomic E-state index is 13.4. The molecular weight excluding hydrogens is 537 g/mol. The van der Waals surface area contributed by atoms with Gasteiger partial charge in [-0.2, -0.15) is 4.31 Å². The largest absolute Gasteiger partial charge is 0.313 e. The van der Waals surface area contributed by atoms with Crippen LogP contribution in [0.3, 0.4) is 0 Å². The summed E-state index contributed by atoms with van der Waals surface area (Å²) in [5.41, 5.74) is 3.66. The van der Waals surface area contributed by atoms with E-state index in [1.807, 2.05) is 25.1 Å². The highest BCUT2D eigenvalue weighted by Gasteiger charge is 2.31. The number of aromatic nitrogens is 1. The minimum atomic E-state index is -3.58. The molecule has 0 aliphatic carbocycles. The van der Waals surface area contributed by atoms with Crippen LogP contribution in [-0.2, 0) is 23.0 Å². The minimum absolute atomic E-state index is 0.0124. The van der Waals surface area contributed by atoms with E-state index in [1.54, 1.807) is 51.2 Å². The van der Waals surface area contributed by atoms with Crippen molar-refractivity contribution in [2.45, 2.75) is 50.1 Å². The van der Waals surface area contributed by atoms with Crippen LogP contribution in [0.1, 0.15) is 47.0 Å². The number of nitrogens with one attached hydrogen (secondary N) is 1. The molecule has 7 nitrogen and oxygen atoms in total. The number of likely N-dealkylation sites (N-methyl/N-ethyl adjacent to an activating group) is 1. The number of carbonyl (C=O) groups excluding carboxylic acids is 1. The molecule has 2 aromatic heterocycles. The zero-order valence-electron chi connectivity index (χ0n) is 21.4. The van der Waals surface area contributed by atoms with Crippen molar-refractivity contribution in [3.63, 3.8) is 0 Å². The number of amides is 1. The second-order valence-corrected chi connectivity index (χ2v) is 14.1. The number of piperidine rings is 1. The fourth-order valence-corrected chi connectivity index (χ4v) is 9.48. The van der Waals surface area contributed by atoms with Crippen LogP contribution in [0, 0.1) is 0 Å². The molecule has 2 aromatic carbocycles. The molecule has 1 saturated heterocycles. The molecule has 4 heterocycles. The maximum atomic E-state index is 13.4. The van der Waals surface area contributed by atoms with Gasteiger partial charge in [0.05, 0.1) is 15.1 Å². The molecule has 6 rings (SSSR count). The lowest BCUT2D eigenvalue weighted by Crippen LogP contribution is -2.41. The molecule has 198 valence electrons. The molecule has 1 amide bonds. The van der Waals surface area contributed by atoms with Crippen molar-refractivity contribution in [1.82, 2.24) is 14.2 Å². The smallest absolute Gasteiger partial charge is 0.256 e. The average Bonchev–Trinajstić information content (AvgIpc) is 3.49. The van der Waals surface area contributed by atoms with Gasteiger partial charge < -0.3 is 10.2 Å². The van der Waals surface area contributed by atoms with Gasteiger partial charge in [-0.1, -0.05) is 18.6 Å². The summed E-state index contributed by atoms with van der Waals surface area (Å²) in [6.45, 7) is 4.30. The molecule has 1 atom stereocenters. The Hall–Kier alpha value is -2.63. The van der Waals surface area contributed by atoms with Crippen molar-refractivity contribution >= 4 is 53.8 Å². The first-order valence-corrected chi connectivity index (χ1v) is 16.0. The summed E-state index contributed by atoms with van der Waals surface area (Å²) in [4.78, 5) is 22.0. The van der Waals surface area contributed by atoms with E-state index in [0.717, 1.165) is 64.6 Å². The van der Waals surface area contributed by atoms with Crippen LogP contribution < -0.4 is 5.32 Å². The Balaban J connectivity index is 1.30. The monoisotopic (exact) mass is 566 g/mol. The number of sulfonamides is 1. The topological polar surface area (TPSA) is 82.6 Å². The highest BCUT2D eigenvalue weighted by Crippen LogP contribution is 2.45. The number of anilines is 1. The number of hydrogen-bond acceptors (Lipinski definition) is 7. The van der Waals surface area contributed by atoms with Gasteiger partial charge in [-0.05, 0) is 75.2 Å². The summed E-state index contributed by atoms with van der Waals surface area (Å²) >= 11 is 3.25. The highest BCUT2D eigenvalue weighted by atomic mass is 32.2. The number of thiazole rings is 1. The van der Waals surface area contributed by atoms with Crippen molar-refractivity contribution in [3.05, 3.63) is 64.5 Å². The zero-order valence-corrected chi connectivity index (χ0v) is 23.9. The van der Waals surface area contributed by atoms with Crippen molar-refractivity contribution in [2.75, 3.05) is 25.5 Å². The van der Waals surface area contributed by atoms with Crippen LogP contribution in [0.15, 0.2) is 53.4 Å². The minimum Gasteiger partial charge on any atom is -0.313 e. The lowest BCUT2D eigenvalue weighted by atomic mass is 10.0. The zero-order chi connectivity index (χ0) is 26.4. The lowest BCUT2D eigenvalue weighted by molar-refractivity contribution is 0.102. The van der Waals surface area contributed by atoms with Crippen molar-refractivity contribution in [3.8, 4) is 10.6 Å². The van der Waals surface area contributed by atoms with E-state index in [0.29, 0.717) is 12.1 Å². The summed E-state index contributed by atoms with van der Waals surface area (Å²) in [5, 5.41) is 4.85. The maximum Gasteiger partial charge on any atom is 0.256 e. The van der Waals surface area contributed by atoms with Crippen LogP contribution in [0.25, 0.3) is 20.8 Å². The van der Waals surface area contributed by atoms with Gasteiger partial charge in [-0.25, -0.2) is 13.4 Å². The SMILES string of the molecule is CC1CCCCN1S(=O)(=O)c1ccc(C(=O)Nc2sc3c(c2-c2nc4ccccc4s2)CCN(C)C3)cc1. The van der Waals surface area contributed by atoms with Gasteiger partial charge in [0.2, 0.25) is 10.0 Å². The molecule has 0 bridgehead atoms. The summed E-state index contributed by atoms with van der Waals surface area (Å²) in [5.74, 6) is -0.255. The Morgan fingerprint density at radius 2 is 1.84 bits per heavy atom. The van der Waals surface area contributed by atoms with Gasteiger partial charge in [-0.3, -0.25) is 4.79 Å². The first-order valence-electron chi connectivity index (χ1n) is 12.9. The molecule has 1 N–H and O–H groups in total. The molecule has 1 fully saturated rings. The summed E-state index contributed by atoms with van der Waals surface area (Å²) in [7, 11) is -1.47. The predicted octanol–water partition coefficient (Wildman–Crippen LogP) is 5.83. The molecule has 0 radical (unpaired) electrons. The Kier molecular flexibility index (Phi) is 6.86. The fourth-order valence-electron chi connectivity index (χ4n) is 5.34. The first kappa shape index (κ1) is 25.6. The van der Waals surface area contributed by atoms with Gasteiger partial charge in [0.1, 0.15) is 10.0 Å². The number of carbonyl (C=O) groups is 1. The van der Waals surface area contributed by atoms with E-state index in [1.165, 1.54) is 10.4 Å². The number of fused-ring (bicyclic) bond motifs is 2. The number of hydrogen-bond donors (Lipinski definition) is 1. The Labute approximate surface area is 231 Å². The van der Waals surface area contributed by atoms with Crippen LogP contribution in [0.4, 0.5) is 5.00 Å². The number of para-hydroxylation sites is 1. The molecule has 2 aliphatic rings. The molecule has 1 unspecified atom stereocenters. The van der Waals surface area contributed by atoms with E-state index >= 15 is 0 Å². The number of benzene rings is 2. The third kappa shape index (κ3) is 4.69. The lowest BCUT2D eigenvalue weighted by Gasteiger charge is -2.32. The van der Waals surface area contributed by atoms with Crippen LogP contribution >= 0.6 is 22.7 Å². The standard InChI is InChI=1S/C28H30N4O3S3/c1-18-7-5-6-15-32(18)38(34,35)20-12-10-19(11-13-20)26(33)30-28-25(21-14-16-31(2)17-24(21)37-28)27-29-22-8-3-4-9-23(22)36-27/h3-4,8-13,18H,5-7,14-17H2,1-2H3,(H,30,33). The first-order chi connectivity index (χ1) is 18.3. The second-order valence-electron chi connectivity index (χ2n) is 10.1. The van der Waals surface area contributed by atoms with E-state index in [-0.39, 0.29) is 16.8 Å². The number of thiophene rings is 1. The fraction of sp³-hybridized carbons (Fsp3) is 0.357. The summed E-state index contributed by atoms with van der Waals surface area (Å²) < 4.78 is 29.1. The van der Waals surface area contributed by atoms with Gasteiger partial charge in [-0.15, -0.1) is 22.7 Å². The van der Waals surface area contributed by atoms with Crippen molar-refractivity contribution in [2.24, 2.45) is 0 Å². The highest BCUT2D eigenvalue weighted by molar-refractivity contribution is 7.89. The van der Waals surface area contributed by atoms with Crippen molar-refractivity contribution in [1.29, 1.82) is 0 Å². The second kappa shape index (κ2) is 10.2. The predicted molar refractivity (Wildman–Crippen MR) is 155 cm³/mol. The molecule has 4 aromatic rings. The van der Waals surface area contributed by atoms with Gasteiger partial charge in [0, 0.05) is 41.7 Å². The molecule has 0 spiro atoms. The molecule has 2 aliphatic heterocycles. The van der Waals surface area contributed by atoms with Crippen molar-refractivity contribution < 1.29 is 13.2 Å². The van der Waals surface area contributed by atoms with E-state index in [4.69, 9.17) is 4.98 Å². The van der Waals surface area contributed by atoms with Crippen LogP contribution in [-0.4, -0.2) is 54.7 Å². The van der Waals surface area contributed by atoms with E-state index < -0.39 is 10.0 Å². The van der Waals surface area contributed by atoms with Gasteiger partial charge in [0.25, 0.3) is 5.91 Å². The third-order valence-corrected chi connectivity index (χ3v) is 11.7. The van der Waals surface area contributed by atoms with Gasteiger partial charge >= 0.3 is 0 Å². The third-order valence-electron chi connectivity index (χ3n) is 7.45. The molecule has 0 saturated carbocycles. The molecule has 10 heteroatoms. The Morgan fingerprint density at radius 1 is 1.05 bits per heavy atom. The van der Waals surface area contributed by atoms with Crippen LogP contribution in [0.5, 0.6) is 0 Å². The quantitative estimate of drug-likeness (QED) is 0.329. The Morgan fingerprint density at radius 3 is 2.61 bits per heavy atom. The summed E-state index contributed by atoms with van der Waals surface area (Å²) in [6.07, 6.45) is 3.71. The van der Waals surface area contributed by atoms with E-state index in [2.05, 4.69) is 23.3 Å². The number of rotatable bonds is 5. The van der Waals surface area contributed by atoms with Crippen LogP contribution in [0.2, 0.25) is 0 Å². The molecule has 38 heavy (non-hydrogen) atoms. The number of nitrogens with zero attached hydrogens (tertiary/aromatic N) is 3. The average molecular weight is 567 g/mol. The normalized spacial score (nSPS) is 18.9. The van der Waals surface area contributed by atoms with Gasteiger partial charge in [0.15, 0.2) is 0 Å². The Bertz CT molecular complexity index is 1580. The molecular formula is C28H30N4O3S3. The summed E-state index contributed by atoms with van der Waals surface area (Å²) in [6, 6.07) is 14.4.